The van der Waals surface area contributed by atoms with Gasteiger partial charge >= 0.3 is 0 Å². The van der Waals surface area contributed by atoms with Crippen molar-refractivity contribution in [1.82, 2.24) is 19.7 Å². The Hall–Kier alpha value is -2.25. The molecule has 29 heavy (non-hydrogen) atoms. The maximum absolute atomic E-state index is 12.8. The summed E-state index contributed by atoms with van der Waals surface area (Å²) < 4.78 is 0. The first-order valence-electron chi connectivity index (χ1n) is 10.4. The largest absolute Gasteiger partial charge is 0.343 e. The molecule has 1 aromatic heterocycles. The minimum Gasteiger partial charge on any atom is -0.343 e. The van der Waals surface area contributed by atoms with Crippen LogP contribution in [0.15, 0.2) is 35.7 Å². The maximum atomic E-state index is 12.8. The zero-order chi connectivity index (χ0) is 20.2. The van der Waals surface area contributed by atoms with E-state index in [0.29, 0.717) is 13.1 Å². The summed E-state index contributed by atoms with van der Waals surface area (Å²) in [5.41, 5.74) is 2.19. The van der Waals surface area contributed by atoms with Crippen LogP contribution in [-0.4, -0.2) is 70.8 Å². The molecule has 6 nitrogen and oxygen atoms in total. The third-order valence-electron chi connectivity index (χ3n) is 5.95. The molecule has 2 saturated heterocycles. The van der Waals surface area contributed by atoms with Gasteiger partial charge in [-0.3, -0.25) is 14.5 Å². The topological polar surface area (TPSA) is 56.8 Å². The van der Waals surface area contributed by atoms with E-state index < -0.39 is 0 Å². The fourth-order valence-electron chi connectivity index (χ4n) is 4.14. The number of amides is 2. The highest BCUT2D eigenvalue weighted by atomic mass is 32.1. The quantitative estimate of drug-likeness (QED) is 0.775. The van der Waals surface area contributed by atoms with Gasteiger partial charge in [0.2, 0.25) is 11.8 Å². The normalized spacial score (nSPS) is 18.8. The molecular formula is C22H28N4O2S. The molecule has 154 valence electrons. The molecule has 3 heterocycles. The SMILES string of the molecule is CC(=O)N1CCC(C(=O)N2CCN(Cc3nc(-c4ccccc4)cs3)CC2)CC1. The Labute approximate surface area is 176 Å². The maximum Gasteiger partial charge on any atom is 0.225 e. The van der Waals surface area contributed by atoms with Crippen LogP contribution in [0.1, 0.15) is 24.8 Å². The van der Waals surface area contributed by atoms with Gasteiger partial charge in [0.25, 0.3) is 0 Å². The van der Waals surface area contributed by atoms with Crippen molar-refractivity contribution in [1.29, 1.82) is 0 Å². The number of piperazine rings is 1. The number of nitrogens with zero attached hydrogens (tertiary/aromatic N) is 4. The number of benzene rings is 1. The van der Waals surface area contributed by atoms with Gasteiger partial charge in [0, 0.05) is 63.1 Å². The number of piperidine rings is 1. The summed E-state index contributed by atoms with van der Waals surface area (Å²) in [7, 11) is 0. The van der Waals surface area contributed by atoms with Gasteiger partial charge < -0.3 is 9.80 Å². The number of hydrogen-bond acceptors (Lipinski definition) is 5. The van der Waals surface area contributed by atoms with Crippen LogP contribution in [0, 0.1) is 5.92 Å². The molecule has 2 aromatic rings. The lowest BCUT2D eigenvalue weighted by Crippen LogP contribution is -2.51. The van der Waals surface area contributed by atoms with E-state index in [4.69, 9.17) is 4.98 Å². The van der Waals surface area contributed by atoms with Crippen molar-refractivity contribution in [3.05, 3.63) is 40.7 Å². The summed E-state index contributed by atoms with van der Waals surface area (Å²) in [5, 5.41) is 3.25. The van der Waals surface area contributed by atoms with E-state index in [1.54, 1.807) is 18.3 Å². The van der Waals surface area contributed by atoms with Crippen LogP contribution in [0.5, 0.6) is 0 Å². The van der Waals surface area contributed by atoms with Crippen LogP contribution in [0.4, 0.5) is 0 Å². The van der Waals surface area contributed by atoms with E-state index in [1.807, 2.05) is 28.0 Å². The summed E-state index contributed by atoms with van der Waals surface area (Å²) in [5.74, 6) is 0.458. The summed E-state index contributed by atoms with van der Waals surface area (Å²) >= 11 is 1.70. The third kappa shape index (κ3) is 4.85. The van der Waals surface area contributed by atoms with Crippen molar-refractivity contribution < 1.29 is 9.59 Å². The number of likely N-dealkylation sites (tertiary alicyclic amines) is 1. The monoisotopic (exact) mass is 412 g/mol. The second kappa shape index (κ2) is 9.05. The summed E-state index contributed by atoms with van der Waals surface area (Å²) in [6, 6.07) is 10.3. The van der Waals surface area contributed by atoms with E-state index in [1.165, 1.54) is 0 Å². The Morgan fingerprint density at radius 3 is 2.34 bits per heavy atom. The van der Waals surface area contributed by atoms with Crippen molar-refractivity contribution >= 4 is 23.2 Å². The molecule has 4 rings (SSSR count). The van der Waals surface area contributed by atoms with E-state index in [0.717, 1.165) is 61.8 Å². The van der Waals surface area contributed by atoms with Crippen molar-refractivity contribution in [3.63, 3.8) is 0 Å². The third-order valence-corrected chi connectivity index (χ3v) is 6.79. The first kappa shape index (κ1) is 20.0. The minimum absolute atomic E-state index is 0.0737. The van der Waals surface area contributed by atoms with Gasteiger partial charge in [-0.25, -0.2) is 4.98 Å². The Morgan fingerprint density at radius 2 is 1.69 bits per heavy atom. The zero-order valence-corrected chi connectivity index (χ0v) is 17.7. The van der Waals surface area contributed by atoms with E-state index in [-0.39, 0.29) is 17.7 Å². The summed E-state index contributed by atoms with van der Waals surface area (Å²) in [6.45, 7) is 7.20. The number of carbonyl (C=O) groups is 2. The first-order valence-corrected chi connectivity index (χ1v) is 11.2. The molecule has 0 atom stereocenters. The van der Waals surface area contributed by atoms with Crippen LogP contribution >= 0.6 is 11.3 Å². The van der Waals surface area contributed by atoms with Crippen LogP contribution in [-0.2, 0) is 16.1 Å². The lowest BCUT2D eigenvalue weighted by Gasteiger charge is -2.38. The Bertz CT molecular complexity index is 838. The number of rotatable bonds is 4. The van der Waals surface area contributed by atoms with Gasteiger partial charge in [0.15, 0.2) is 0 Å². The Morgan fingerprint density at radius 1 is 1.00 bits per heavy atom. The van der Waals surface area contributed by atoms with Gasteiger partial charge in [0.05, 0.1) is 12.2 Å². The first-order chi connectivity index (χ1) is 14.1. The second-order valence-corrected chi connectivity index (χ2v) is 8.82. The fourth-order valence-corrected chi connectivity index (χ4v) is 4.99. The van der Waals surface area contributed by atoms with Crippen molar-refractivity contribution in [2.75, 3.05) is 39.3 Å². The van der Waals surface area contributed by atoms with Crippen molar-refractivity contribution in [2.24, 2.45) is 5.92 Å². The van der Waals surface area contributed by atoms with Gasteiger partial charge in [-0.1, -0.05) is 30.3 Å². The molecule has 2 fully saturated rings. The Kier molecular flexibility index (Phi) is 6.25. The molecule has 0 unspecified atom stereocenters. The molecule has 0 aliphatic carbocycles. The van der Waals surface area contributed by atoms with Gasteiger partial charge in [0.1, 0.15) is 5.01 Å². The second-order valence-electron chi connectivity index (χ2n) is 7.87. The molecule has 2 aliphatic heterocycles. The molecule has 2 amide bonds. The standard InChI is InChI=1S/C22H28N4O2S/c1-17(27)25-9-7-19(8-10-25)22(28)26-13-11-24(12-14-26)15-21-23-20(16-29-21)18-5-3-2-4-6-18/h2-6,16,19H,7-15H2,1H3. The van der Waals surface area contributed by atoms with Crippen LogP contribution in [0.25, 0.3) is 11.3 Å². The molecule has 0 N–H and O–H groups in total. The highest BCUT2D eigenvalue weighted by molar-refractivity contribution is 7.09. The van der Waals surface area contributed by atoms with Crippen LogP contribution in [0.2, 0.25) is 0 Å². The van der Waals surface area contributed by atoms with Gasteiger partial charge in [-0.2, -0.15) is 0 Å². The lowest BCUT2D eigenvalue weighted by molar-refractivity contribution is -0.141. The van der Waals surface area contributed by atoms with Crippen LogP contribution < -0.4 is 0 Å². The van der Waals surface area contributed by atoms with E-state index in [9.17, 15) is 9.59 Å². The fraction of sp³-hybridized carbons (Fsp3) is 0.500. The molecule has 2 aliphatic rings. The highest BCUT2D eigenvalue weighted by Gasteiger charge is 2.31. The highest BCUT2D eigenvalue weighted by Crippen LogP contribution is 2.24. The molecule has 0 bridgehead atoms. The molecule has 1 aromatic carbocycles. The average molecular weight is 413 g/mol. The average Bonchev–Trinajstić information content (AvgIpc) is 3.23. The minimum atomic E-state index is 0.0737. The lowest BCUT2D eigenvalue weighted by atomic mass is 9.95. The van der Waals surface area contributed by atoms with Crippen molar-refractivity contribution in [2.45, 2.75) is 26.3 Å². The molecule has 0 radical (unpaired) electrons. The number of aromatic nitrogens is 1. The zero-order valence-electron chi connectivity index (χ0n) is 16.9. The van der Waals surface area contributed by atoms with E-state index in [2.05, 4.69) is 22.4 Å². The molecule has 0 spiro atoms. The smallest absolute Gasteiger partial charge is 0.225 e. The number of carbonyl (C=O) groups excluding carboxylic acids is 2. The van der Waals surface area contributed by atoms with Gasteiger partial charge in [-0.15, -0.1) is 11.3 Å². The molecular weight excluding hydrogens is 384 g/mol. The van der Waals surface area contributed by atoms with E-state index >= 15 is 0 Å². The summed E-state index contributed by atoms with van der Waals surface area (Å²) in [4.78, 5) is 35.3. The van der Waals surface area contributed by atoms with Gasteiger partial charge in [-0.05, 0) is 12.8 Å². The number of thiazole rings is 1. The number of hydrogen-bond donors (Lipinski definition) is 0. The predicted molar refractivity (Wildman–Crippen MR) is 114 cm³/mol. The van der Waals surface area contributed by atoms with Crippen molar-refractivity contribution in [3.8, 4) is 11.3 Å². The summed E-state index contributed by atoms with van der Waals surface area (Å²) in [6.07, 6.45) is 1.58. The van der Waals surface area contributed by atoms with Crippen LogP contribution in [0.3, 0.4) is 0 Å². The Balaban J connectivity index is 1.25. The molecule has 0 saturated carbocycles. The predicted octanol–water partition coefficient (Wildman–Crippen LogP) is 2.71. The molecule has 7 heteroatoms.